The lowest BCUT2D eigenvalue weighted by molar-refractivity contribution is 0.0706. The van der Waals surface area contributed by atoms with Crippen LogP contribution in [0.15, 0.2) is 12.4 Å². The molecule has 0 saturated carbocycles. The van der Waals surface area contributed by atoms with Crippen LogP contribution in [-0.2, 0) is 11.3 Å². The van der Waals surface area contributed by atoms with Crippen LogP contribution in [0.3, 0.4) is 0 Å². The lowest BCUT2D eigenvalue weighted by Crippen LogP contribution is -2.39. The minimum Gasteiger partial charge on any atom is -0.383 e. The van der Waals surface area contributed by atoms with Gasteiger partial charge < -0.3 is 14.2 Å². The van der Waals surface area contributed by atoms with E-state index >= 15 is 0 Å². The van der Waals surface area contributed by atoms with E-state index in [-0.39, 0.29) is 11.8 Å². The zero-order chi connectivity index (χ0) is 17.1. The highest BCUT2D eigenvalue weighted by Crippen LogP contribution is 2.28. The van der Waals surface area contributed by atoms with Gasteiger partial charge in [-0.05, 0) is 26.7 Å². The fraction of sp³-hybridized carbons (Fsp3) is 0.588. The molecule has 1 unspecified atom stereocenters. The number of hydrogen-bond donors (Lipinski definition) is 0. The first-order chi connectivity index (χ1) is 11.6. The monoisotopic (exact) mass is 348 g/mol. The summed E-state index contributed by atoms with van der Waals surface area (Å²) in [7, 11) is 1.71. The summed E-state index contributed by atoms with van der Waals surface area (Å²) in [5.74, 6) is 1.45. The number of aryl methyl sites for hydroxylation is 2. The van der Waals surface area contributed by atoms with Crippen molar-refractivity contribution in [2.24, 2.45) is 0 Å². The van der Waals surface area contributed by atoms with Gasteiger partial charge in [-0.15, -0.1) is 11.3 Å². The molecule has 0 aromatic carbocycles. The molecular weight excluding hydrogens is 324 g/mol. The Balaban J connectivity index is 1.74. The Hall–Kier alpha value is -1.73. The van der Waals surface area contributed by atoms with Crippen molar-refractivity contribution in [3.63, 3.8) is 0 Å². The van der Waals surface area contributed by atoms with Crippen LogP contribution in [0.25, 0.3) is 0 Å². The number of amides is 1. The average Bonchev–Trinajstić information content (AvgIpc) is 3.18. The second kappa shape index (κ2) is 7.44. The maximum Gasteiger partial charge on any atom is 0.265 e. The number of piperidine rings is 1. The van der Waals surface area contributed by atoms with Gasteiger partial charge in [0.2, 0.25) is 0 Å². The highest BCUT2D eigenvalue weighted by molar-refractivity contribution is 7.13. The number of methoxy groups -OCH3 is 1. The van der Waals surface area contributed by atoms with Gasteiger partial charge in [0, 0.05) is 45.1 Å². The maximum absolute atomic E-state index is 12.9. The van der Waals surface area contributed by atoms with Crippen molar-refractivity contribution in [1.82, 2.24) is 19.4 Å². The summed E-state index contributed by atoms with van der Waals surface area (Å²) in [6.07, 6.45) is 5.90. The fourth-order valence-corrected chi connectivity index (χ4v) is 4.19. The van der Waals surface area contributed by atoms with Gasteiger partial charge in [0.25, 0.3) is 5.91 Å². The predicted octanol–water partition coefficient (Wildman–Crippen LogP) is 2.62. The lowest BCUT2D eigenvalue weighted by Gasteiger charge is -2.32. The van der Waals surface area contributed by atoms with Crippen LogP contribution in [0.4, 0.5) is 0 Å². The summed E-state index contributed by atoms with van der Waals surface area (Å²) in [5, 5.41) is 0.944. The van der Waals surface area contributed by atoms with Crippen molar-refractivity contribution in [3.8, 4) is 0 Å². The Labute approximate surface area is 146 Å². The molecule has 1 aliphatic rings. The molecule has 7 heteroatoms. The van der Waals surface area contributed by atoms with Crippen molar-refractivity contribution in [3.05, 3.63) is 33.8 Å². The first-order valence-corrected chi connectivity index (χ1v) is 9.15. The normalized spacial score (nSPS) is 18.1. The van der Waals surface area contributed by atoms with Gasteiger partial charge in [-0.3, -0.25) is 4.79 Å². The van der Waals surface area contributed by atoms with Gasteiger partial charge in [0.1, 0.15) is 10.7 Å². The van der Waals surface area contributed by atoms with Crippen molar-refractivity contribution < 1.29 is 9.53 Å². The molecule has 1 aliphatic heterocycles. The second-order valence-corrected chi connectivity index (χ2v) is 7.41. The maximum atomic E-state index is 12.9. The Kier molecular flexibility index (Phi) is 5.30. The smallest absolute Gasteiger partial charge is 0.265 e. The number of rotatable bonds is 5. The molecule has 1 atom stereocenters. The molecule has 0 N–H and O–H groups in total. The molecule has 0 radical (unpaired) electrons. The van der Waals surface area contributed by atoms with E-state index < -0.39 is 0 Å². The van der Waals surface area contributed by atoms with E-state index in [2.05, 4.69) is 14.5 Å². The zero-order valence-corrected chi connectivity index (χ0v) is 15.3. The van der Waals surface area contributed by atoms with Crippen LogP contribution in [-0.4, -0.2) is 52.1 Å². The number of carbonyl (C=O) groups excluding carboxylic acids is 1. The molecule has 2 aromatic rings. The molecular formula is C17H24N4O2S. The molecule has 0 aliphatic carbocycles. The Morgan fingerprint density at radius 3 is 3.00 bits per heavy atom. The molecule has 24 heavy (non-hydrogen) atoms. The Morgan fingerprint density at radius 2 is 2.29 bits per heavy atom. The molecule has 3 heterocycles. The third kappa shape index (κ3) is 3.52. The second-order valence-electron chi connectivity index (χ2n) is 6.21. The van der Waals surface area contributed by atoms with Gasteiger partial charge in [0.05, 0.1) is 17.3 Å². The number of ether oxygens (including phenoxy) is 1. The van der Waals surface area contributed by atoms with E-state index in [1.54, 1.807) is 7.11 Å². The summed E-state index contributed by atoms with van der Waals surface area (Å²) < 4.78 is 7.31. The Bertz CT molecular complexity index is 709. The quantitative estimate of drug-likeness (QED) is 0.833. The first-order valence-electron chi connectivity index (χ1n) is 8.33. The Morgan fingerprint density at radius 1 is 1.46 bits per heavy atom. The first kappa shape index (κ1) is 17.1. The molecule has 1 amide bonds. The van der Waals surface area contributed by atoms with Crippen molar-refractivity contribution in [2.75, 3.05) is 26.8 Å². The number of hydrogen-bond acceptors (Lipinski definition) is 5. The van der Waals surface area contributed by atoms with E-state index in [1.807, 2.05) is 31.1 Å². The molecule has 1 saturated heterocycles. The molecule has 3 rings (SSSR count). The van der Waals surface area contributed by atoms with E-state index in [0.717, 1.165) is 53.9 Å². The number of nitrogens with zero attached hydrogens (tertiary/aromatic N) is 4. The van der Waals surface area contributed by atoms with Crippen molar-refractivity contribution in [1.29, 1.82) is 0 Å². The van der Waals surface area contributed by atoms with E-state index in [9.17, 15) is 4.79 Å². The van der Waals surface area contributed by atoms with Crippen LogP contribution in [0.1, 0.15) is 45.0 Å². The number of aromatic nitrogens is 3. The van der Waals surface area contributed by atoms with Crippen molar-refractivity contribution in [2.45, 2.75) is 39.2 Å². The number of likely N-dealkylation sites (tertiary alicyclic amines) is 1. The molecule has 0 bridgehead atoms. The summed E-state index contributed by atoms with van der Waals surface area (Å²) in [6, 6.07) is 0. The molecule has 1 fully saturated rings. The summed E-state index contributed by atoms with van der Waals surface area (Å²) in [6.45, 7) is 6.85. The van der Waals surface area contributed by atoms with E-state index in [4.69, 9.17) is 4.74 Å². The third-order valence-electron chi connectivity index (χ3n) is 4.46. The topological polar surface area (TPSA) is 60.2 Å². The van der Waals surface area contributed by atoms with Crippen LogP contribution in [0.5, 0.6) is 0 Å². The van der Waals surface area contributed by atoms with Gasteiger partial charge in [-0.2, -0.15) is 0 Å². The van der Waals surface area contributed by atoms with Crippen LogP contribution >= 0.6 is 11.3 Å². The van der Waals surface area contributed by atoms with Crippen LogP contribution in [0.2, 0.25) is 0 Å². The minimum absolute atomic E-state index is 0.109. The lowest BCUT2D eigenvalue weighted by atomic mass is 9.97. The third-order valence-corrected chi connectivity index (χ3v) is 5.52. The summed E-state index contributed by atoms with van der Waals surface area (Å²) in [5.41, 5.74) is 0.839. The van der Waals surface area contributed by atoms with Crippen molar-refractivity contribution >= 4 is 17.2 Å². The zero-order valence-electron chi connectivity index (χ0n) is 14.5. The summed E-state index contributed by atoms with van der Waals surface area (Å²) in [4.78, 5) is 24.5. The SMILES string of the molecule is COCCn1ccnc1C1CCCN(C(=O)c2sc(C)nc2C)C1. The number of carbonyl (C=O) groups is 1. The predicted molar refractivity (Wildman–Crippen MR) is 93.6 cm³/mol. The molecule has 6 nitrogen and oxygen atoms in total. The standard InChI is InChI=1S/C17H24N4O2S/c1-12-15(24-13(2)19-12)17(22)21-7-4-5-14(11-21)16-18-6-8-20(16)9-10-23-3/h6,8,14H,4-5,7,9-11H2,1-3H3. The van der Waals surface area contributed by atoms with Gasteiger partial charge in [0.15, 0.2) is 0 Å². The number of thiazole rings is 1. The van der Waals surface area contributed by atoms with Gasteiger partial charge in [-0.1, -0.05) is 0 Å². The largest absolute Gasteiger partial charge is 0.383 e. The van der Waals surface area contributed by atoms with E-state index in [1.165, 1.54) is 11.3 Å². The number of imidazole rings is 1. The minimum atomic E-state index is 0.109. The average molecular weight is 348 g/mol. The molecule has 2 aromatic heterocycles. The van der Waals surface area contributed by atoms with E-state index in [0.29, 0.717) is 6.61 Å². The highest BCUT2D eigenvalue weighted by atomic mass is 32.1. The van der Waals surface area contributed by atoms with Crippen LogP contribution in [0, 0.1) is 13.8 Å². The van der Waals surface area contributed by atoms with Gasteiger partial charge >= 0.3 is 0 Å². The van der Waals surface area contributed by atoms with Crippen LogP contribution < -0.4 is 0 Å². The van der Waals surface area contributed by atoms with Gasteiger partial charge in [-0.25, -0.2) is 9.97 Å². The fourth-order valence-electron chi connectivity index (χ4n) is 3.31. The summed E-state index contributed by atoms with van der Waals surface area (Å²) >= 11 is 1.49. The molecule has 130 valence electrons. The molecule has 0 spiro atoms. The highest BCUT2D eigenvalue weighted by Gasteiger charge is 2.29.